The van der Waals surface area contributed by atoms with E-state index in [9.17, 15) is 8.78 Å². The van der Waals surface area contributed by atoms with Crippen LogP contribution < -0.4 is 10.1 Å². The molecule has 0 unspecified atom stereocenters. The van der Waals surface area contributed by atoms with Crippen LogP contribution in [-0.4, -0.2) is 7.11 Å². The fraction of sp³-hybridized carbons (Fsp3) is 0.143. The molecular formula is C14H11Br2F2NO. The maximum Gasteiger partial charge on any atom is 0.181 e. The molecule has 20 heavy (non-hydrogen) atoms. The first-order valence-corrected chi connectivity index (χ1v) is 7.31. The van der Waals surface area contributed by atoms with Crippen LogP contribution in [0.3, 0.4) is 0 Å². The number of rotatable bonds is 4. The SMILES string of the molecule is COc1c(Br)cc(Br)cc1CNc1cccc(F)c1F. The van der Waals surface area contributed by atoms with E-state index >= 15 is 0 Å². The lowest BCUT2D eigenvalue weighted by atomic mass is 10.2. The Morgan fingerprint density at radius 2 is 1.95 bits per heavy atom. The fourth-order valence-electron chi connectivity index (χ4n) is 1.80. The lowest BCUT2D eigenvalue weighted by molar-refractivity contribution is 0.407. The monoisotopic (exact) mass is 405 g/mol. The van der Waals surface area contributed by atoms with E-state index in [1.54, 1.807) is 7.11 Å². The summed E-state index contributed by atoms with van der Waals surface area (Å²) in [6.07, 6.45) is 0. The van der Waals surface area contributed by atoms with Crippen LogP contribution in [-0.2, 0) is 6.54 Å². The van der Waals surface area contributed by atoms with Crippen LogP contribution in [0.25, 0.3) is 0 Å². The molecule has 0 radical (unpaired) electrons. The molecule has 0 amide bonds. The molecule has 1 N–H and O–H groups in total. The van der Waals surface area contributed by atoms with Gasteiger partial charge in [0, 0.05) is 16.6 Å². The molecule has 106 valence electrons. The van der Waals surface area contributed by atoms with E-state index in [2.05, 4.69) is 37.2 Å². The van der Waals surface area contributed by atoms with Crippen molar-refractivity contribution in [2.24, 2.45) is 0 Å². The normalized spacial score (nSPS) is 10.4. The van der Waals surface area contributed by atoms with Crippen LogP contribution in [0, 0.1) is 11.6 Å². The average molecular weight is 407 g/mol. The Bertz CT molecular complexity index is 635. The van der Waals surface area contributed by atoms with Crippen molar-refractivity contribution < 1.29 is 13.5 Å². The van der Waals surface area contributed by atoms with Gasteiger partial charge < -0.3 is 10.1 Å². The minimum atomic E-state index is -0.888. The average Bonchev–Trinajstić information content (AvgIpc) is 2.40. The number of methoxy groups -OCH3 is 1. The van der Waals surface area contributed by atoms with Gasteiger partial charge in [-0.05, 0) is 40.2 Å². The standard InChI is InChI=1S/C14H11Br2F2NO/c1-20-14-8(5-9(15)6-10(14)16)7-19-12-4-2-3-11(17)13(12)18/h2-6,19H,7H2,1H3. The summed E-state index contributed by atoms with van der Waals surface area (Å²) in [5, 5.41) is 2.86. The van der Waals surface area contributed by atoms with Crippen molar-refractivity contribution in [1.29, 1.82) is 0 Å². The second-order valence-corrected chi connectivity index (χ2v) is 5.80. The number of halogens is 4. The van der Waals surface area contributed by atoms with Gasteiger partial charge in [0.05, 0.1) is 17.3 Å². The largest absolute Gasteiger partial charge is 0.495 e. The Hall–Kier alpha value is -1.14. The highest BCUT2D eigenvalue weighted by Crippen LogP contribution is 2.33. The maximum atomic E-state index is 13.6. The molecule has 0 heterocycles. The minimum absolute atomic E-state index is 0.114. The number of ether oxygens (including phenoxy) is 1. The van der Waals surface area contributed by atoms with Gasteiger partial charge in [0.15, 0.2) is 11.6 Å². The zero-order chi connectivity index (χ0) is 14.7. The molecule has 0 spiro atoms. The van der Waals surface area contributed by atoms with E-state index in [1.165, 1.54) is 12.1 Å². The quantitative estimate of drug-likeness (QED) is 0.761. The molecule has 0 saturated carbocycles. The van der Waals surface area contributed by atoms with E-state index < -0.39 is 11.6 Å². The number of anilines is 1. The molecular weight excluding hydrogens is 396 g/mol. The molecule has 0 aliphatic heterocycles. The Kier molecular flexibility index (Phi) is 4.99. The molecule has 2 aromatic carbocycles. The van der Waals surface area contributed by atoms with Crippen molar-refractivity contribution in [3.05, 3.63) is 56.5 Å². The third kappa shape index (κ3) is 3.30. The van der Waals surface area contributed by atoms with E-state index in [4.69, 9.17) is 4.74 Å². The minimum Gasteiger partial charge on any atom is -0.495 e. The van der Waals surface area contributed by atoms with E-state index in [0.29, 0.717) is 12.3 Å². The molecule has 0 aromatic heterocycles. The van der Waals surface area contributed by atoms with Gasteiger partial charge in [0.25, 0.3) is 0 Å². The topological polar surface area (TPSA) is 21.3 Å². The van der Waals surface area contributed by atoms with Crippen molar-refractivity contribution in [2.75, 3.05) is 12.4 Å². The second kappa shape index (κ2) is 6.54. The molecule has 2 aromatic rings. The first-order valence-electron chi connectivity index (χ1n) is 5.72. The van der Waals surface area contributed by atoms with Crippen molar-refractivity contribution in [1.82, 2.24) is 0 Å². The molecule has 0 fully saturated rings. The summed E-state index contributed by atoms with van der Waals surface area (Å²) >= 11 is 6.77. The lowest BCUT2D eigenvalue weighted by Gasteiger charge is -2.13. The number of benzene rings is 2. The highest BCUT2D eigenvalue weighted by Gasteiger charge is 2.11. The lowest BCUT2D eigenvalue weighted by Crippen LogP contribution is -2.04. The molecule has 2 nitrogen and oxygen atoms in total. The molecule has 0 saturated heterocycles. The van der Waals surface area contributed by atoms with Crippen molar-refractivity contribution in [2.45, 2.75) is 6.54 Å². The van der Waals surface area contributed by atoms with Gasteiger partial charge in [-0.3, -0.25) is 0 Å². The highest BCUT2D eigenvalue weighted by molar-refractivity contribution is 9.11. The van der Waals surface area contributed by atoms with Gasteiger partial charge in [-0.1, -0.05) is 22.0 Å². The number of nitrogens with one attached hydrogen (secondary N) is 1. The highest BCUT2D eigenvalue weighted by atomic mass is 79.9. The van der Waals surface area contributed by atoms with E-state index in [-0.39, 0.29) is 5.69 Å². The summed E-state index contributed by atoms with van der Waals surface area (Å²) in [7, 11) is 1.56. The van der Waals surface area contributed by atoms with Crippen molar-refractivity contribution >= 4 is 37.5 Å². The van der Waals surface area contributed by atoms with Crippen molar-refractivity contribution in [3.63, 3.8) is 0 Å². The van der Waals surface area contributed by atoms with Gasteiger partial charge >= 0.3 is 0 Å². The van der Waals surface area contributed by atoms with E-state index in [1.807, 2.05) is 12.1 Å². The summed E-state index contributed by atoms with van der Waals surface area (Å²) in [6, 6.07) is 7.72. The first-order chi connectivity index (χ1) is 9.52. The molecule has 0 aliphatic rings. The van der Waals surface area contributed by atoms with Gasteiger partial charge in [-0.15, -0.1) is 0 Å². The van der Waals surface area contributed by atoms with Crippen LogP contribution in [0.2, 0.25) is 0 Å². The Morgan fingerprint density at radius 3 is 2.65 bits per heavy atom. The van der Waals surface area contributed by atoms with Gasteiger partial charge in [-0.25, -0.2) is 8.78 Å². The predicted molar refractivity (Wildman–Crippen MR) is 82.1 cm³/mol. The van der Waals surface area contributed by atoms with Crippen LogP contribution in [0.15, 0.2) is 39.3 Å². The summed E-state index contributed by atoms with van der Waals surface area (Å²) < 4.78 is 33.6. The van der Waals surface area contributed by atoms with Gasteiger partial charge in [0.2, 0.25) is 0 Å². The zero-order valence-corrected chi connectivity index (χ0v) is 13.7. The third-order valence-electron chi connectivity index (χ3n) is 2.71. The van der Waals surface area contributed by atoms with Crippen LogP contribution in [0.1, 0.15) is 5.56 Å². The van der Waals surface area contributed by atoms with E-state index in [0.717, 1.165) is 20.6 Å². The van der Waals surface area contributed by atoms with Gasteiger partial charge in [0.1, 0.15) is 5.75 Å². The molecule has 0 aliphatic carbocycles. The van der Waals surface area contributed by atoms with Crippen LogP contribution >= 0.6 is 31.9 Å². The maximum absolute atomic E-state index is 13.6. The Balaban J connectivity index is 2.25. The number of hydrogen-bond acceptors (Lipinski definition) is 2. The summed E-state index contributed by atoms with van der Waals surface area (Å²) in [6.45, 7) is 0.307. The first kappa shape index (κ1) is 15.3. The second-order valence-electron chi connectivity index (χ2n) is 4.03. The summed E-state index contributed by atoms with van der Waals surface area (Å²) in [5.41, 5.74) is 0.931. The molecule has 0 bridgehead atoms. The third-order valence-corrected chi connectivity index (χ3v) is 3.76. The number of hydrogen-bond donors (Lipinski definition) is 1. The molecule has 2 rings (SSSR count). The van der Waals surface area contributed by atoms with Gasteiger partial charge in [-0.2, -0.15) is 0 Å². The predicted octanol–water partition coefficient (Wildman–Crippen LogP) is 5.11. The fourth-order valence-corrected chi connectivity index (χ4v) is 3.28. The van der Waals surface area contributed by atoms with Crippen molar-refractivity contribution in [3.8, 4) is 5.75 Å². The molecule has 6 heteroatoms. The zero-order valence-electron chi connectivity index (χ0n) is 10.5. The summed E-state index contributed by atoms with van der Waals surface area (Å²) in [4.78, 5) is 0. The Morgan fingerprint density at radius 1 is 1.20 bits per heavy atom. The Labute approximate surface area is 132 Å². The smallest absolute Gasteiger partial charge is 0.181 e. The van der Waals surface area contributed by atoms with Crippen LogP contribution in [0.4, 0.5) is 14.5 Å². The molecule has 0 atom stereocenters. The summed E-state index contributed by atoms with van der Waals surface area (Å²) in [5.74, 6) is -1.12. The van der Waals surface area contributed by atoms with Crippen LogP contribution in [0.5, 0.6) is 5.75 Å².